The minimum atomic E-state index is -11.5. The van der Waals surface area contributed by atoms with Crippen molar-refractivity contribution in [2.24, 2.45) is 0 Å². The lowest BCUT2D eigenvalue weighted by Gasteiger charge is -2.42. The Morgan fingerprint density at radius 2 is 0.463 bits per heavy atom. The SMILES string of the molecule is FC(F)(F)C(F)(F)C(F)(F)C(F)(F)C(F)(F)C(F)(F)C(F)(F)[P+](F)(F)C(F)(F)C(F)(F)C(F)(C(F)(F)F)C(F)(F)F. The second kappa shape index (κ2) is 9.24. The van der Waals surface area contributed by atoms with Gasteiger partial charge in [0.25, 0.3) is 0 Å². The Morgan fingerprint density at radius 1 is 0.244 bits per heavy atom. The lowest BCUT2D eigenvalue weighted by Crippen LogP contribution is -2.74. The lowest BCUT2D eigenvalue weighted by molar-refractivity contribution is -0.448. The van der Waals surface area contributed by atoms with Gasteiger partial charge in [-0.3, -0.25) is 0 Å². The van der Waals surface area contributed by atoms with E-state index in [0.717, 1.165) is 0 Å². The van der Waals surface area contributed by atoms with Crippen molar-refractivity contribution in [1.82, 2.24) is 0 Å². The number of hydrogen-bond acceptors (Lipinski definition) is 0. The molecule has 248 valence electrons. The van der Waals surface area contributed by atoms with Crippen molar-refractivity contribution in [1.29, 1.82) is 0 Å². The molecule has 0 radical (unpaired) electrons. The Labute approximate surface area is 203 Å². The molecule has 0 aromatic carbocycles. The van der Waals surface area contributed by atoms with Gasteiger partial charge >= 0.3 is 78.9 Å². The molecule has 0 rings (SSSR count). The van der Waals surface area contributed by atoms with E-state index in [2.05, 4.69) is 0 Å². The van der Waals surface area contributed by atoms with Crippen LogP contribution in [0.1, 0.15) is 0 Å². The van der Waals surface area contributed by atoms with Gasteiger partial charge < -0.3 is 0 Å². The van der Waals surface area contributed by atoms with Crippen molar-refractivity contribution in [3.05, 3.63) is 0 Å². The molecule has 0 spiro atoms. The first kappa shape index (κ1) is 39.5. The van der Waals surface area contributed by atoms with E-state index < -0.39 is 78.9 Å². The molecule has 0 aromatic heterocycles. The van der Waals surface area contributed by atoms with Crippen LogP contribution in [0.2, 0.25) is 0 Å². The van der Waals surface area contributed by atoms with E-state index in [-0.39, 0.29) is 0 Å². The van der Waals surface area contributed by atoms with Crippen LogP contribution in [0.3, 0.4) is 0 Å². The molecule has 41 heavy (non-hydrogen) atoms. The van der Waals surface area contributed by atoms with E-state index in [0.29, 0.717) is 0 Å². The van der Waals surface area contributed by atoms with Crippen LogP contribution in [-0.4, -0.2) is 71.1 Å². The molecule has 0 saturated carbocycles. The first-order chi connectivity index (χ1) is 17.0. The van der Waals surface area contributed by atoms with Crippen LogP contribution < -0.4 is 0 Å². The summed E-state index contributed by atoms with van der Waals surface area (Å²) in [5.74, 6) is -56.5. The Hall–Kier alpha value is -1.53. The van der Waals surface area contributed by atoms with Crippen LogP contribution in [0, 0.1) is 0 Å². The molecule has 0 heterocycles. The molecule has 0 atom stereocenters. The summed E-state index contributed by atoms with van der Waals surface area (Å²) < 4.78 is 362. The summed E-state index contributed by atoms with van der Waals surface area (Å²) in [5.41, 5.74) is -28.6. The van der Waals surface area contributed by atoms with Crippen molar-refractivity contribution in [2.75, 3.05) is 0 Å². The third kappa shape index (κ3) is 4.51. The van der Waals surface area contributed by atoms with Crippen molar-refractivity contribution >= 4 is 7.88 Å². The molecule has 29 heteroatoms. The molecule has 0 amide bonds. The van der Waals surface area contributed by atoms with Crippen molar-refractivity contribution < 1.29 is 123 Å². The van der Waals surface area contributed by atoms with Gasteiger partial charge in [0.05, 0.1) is 0 Å². The van der Waals surface area contributed by atoms with Crippen LogP contribution in [0.4, 0.5) is 123 Å². The largest absolute Gasteiger partial charge is 0.540 e. The number of halogens is 28. The summed E-state index contributed by atoms with van der Waals surface area (Å²) >= 11 is 0. The molecule has 0 saturated heterocycles. The van der Waals surface area contributed by atoms with Crippen LogP contribution in [0.15, 0.2) is 0 Å². The Kier molecular flexibility index (Phi) is 8.89. The van der Waals surface area contributed by atoms with Gasteiger partial charge in [-0.25, -0.2) is 4.39 Å². The van der Waals surface area contributed by atoms with Crippen LogP contribution in [0.5, 0.6) is 0 Å². The highest BCUT2D eigenvalue weighted by Gasteiger charge is 3.06. The van der Waals surface area contributed by atoms with Crippen LogP contribution in [-0.2, 0) is 0 Å². The maximum atomic E-state index is 13.6. The van der Waals surface area contributed by atoms with E-state index in [9.17, 15) is 123 Å². The fourth-order valence-corrected chi connectivity index (χ4v) is 3.56. The van der Waals surface area contributed by atoms with Gasteiger partial charge in [0.15, 0.2) is 0 Å². The summed E-state index contributed by atoms with van der Waals surface area (Å²) in [7, 11) is -11.5. The van der Waals surface area contributed by atoms with Crippen molar-refractivity contribution in [2.45, 2.75) is 71.1 Å². The minimum absolute atomic E-state index is 8.25. The Bertz CT molecular complexity index is 942. The monoisotopic (exact) mass is 707 g/mol. The zero-order chi connectivity index (χ0) is 34.5. The first-order valence-corrected chi connectivity index (χ1v) is 9.77. The Morgan fingerprint density at radius 3 is 0.707 bits per heavy atom. The molecule has 0 aliphatic carbocycles. The maximum Gasteiger partial charge on any atom is 0.540 e. The van der Waals surface area contributed by atoms with E-state index in [1.807, 2.05) is 0 Å². The molecule has 0 fully saturated rings. The van der Waals surface area contributed by atoms with Gasteiger partial charge in [-0.2, -0.15) is 110 Å². The average Bonchev–Trinajstić information content (AvgIpc) is 2.69. The van der Waals surface area contributed by atoms with Gasteiger partial charge in [-0.05, 0) is 8.39 Å². The molecule has 0 aliphatic rings. The molecule has 0 bridgehead atoms. The highest BCUT2D eigenvalue weighted by atomic mass is 31.2. The predicted octanol–water partition coefficient (Wildman–Crippen LogP) is 10.2. The highest BCUT2D eigenvalue weighted by Crippen LogP contribution is 2.89. The maximum absolute atomic E-state index is 13.6. The zero-order valence-electron chi connectivity index (χ0n) is 17.0. The molecule has 0 nitrogen and oxygen atoms in total. The highest BCUT2D eigenvalue weighted by molar-refractivity contribution is 7.68. The topological polar surface area (TPSA) is 0 Å². The molecule has 0 aliphatic heterocycles. The number of alkyl halides is 26. The average molecular weight is 707 g/mol. The number of rotatable bonds is 9. The molecular formula is C12F28P+. The fraction of sp³-hybridized carbons (Fsp3) is 1.00. The fourth-order valence-electron chi connectivity index (χ4n) is 2.21. The summed E-state index contributed by atoms with van der Waals surface area (Å²) in [4.78, 5) is 0. The lowest BCUT2D eigenvalue weighted by atomic mass is 9.94. The van der Waals surface area contributed by atoms with Crippen molar-refractivity contribution in [3.8, 4) is 0 Å². The van der Waals surface area contributed by atoms with E-state index in [1.54, 1.807) is 0 Å². The normalized spacial score (nSPS) is 17.3. The summed E-state index contributed by atoms with van der Waals surface area (Å²) in [5, 5.41) is 0. The molecule has 0 N–H and O–H groups in total. The predicted molar refractivity (Wildman–Crippen MR) is 70.7 cm³/mol. The van der Waals surface area contributed by atoms with Gasteiger partial charge in [-0.1, -0.05) is 0 Å². The second-order valence-electron chi connectivity index (χ2n) is 7.19. The van der Waals surface area contributed by atoms with E-state index in [1.165, 1.54) is 0 Å². The minimum Gasteiger partial charge on any atom is -0.216 e. The molecule has 0 unspecified atom stereocenters. The summed E-state index contributed by atoms with van der Waals surface area (Å²) in [6, 6.07) is 0. The van der Waals surface area contributed by atoms with Crippen LogP contribution in [0.25, 0.3) is 0 Å². The van der Waals surface area contributed by atoms with Gasteiger partial charge in [0, 0.05) is 0 Å². The number of hydrogen-bond donors (Lipinski definition) is 0. The van der Waals surface area contributed by atoms with Crippen LogP contribution >= 0.6 is 7.88 Å². The third-order valence-electron chi connectivity index (χ3n) is 4.61. The molecule has 0 aromatic rings. The third-order valence-corrected chi connectivity index (χ3v) is 6.58. The van der Waals surface area contributed by atoms with E-state index in [4.69, 9.17) is 0 Å². The molecular weight excluding hydrogens is 707 g/mol. The summed E-state index contributed by atoms with van der Waals surface area (Å²) in [6.45, 7) is 0. The second-order valence-corrected chi connectivity index (χ2v) is 9.35. The smallest absolute Gasteiger partial charge is 0.216 e. The van der Waals surface area contributed by atoms with Gasteiger partial charge in [0.1, 0.15) is 0 Å². The zero-order valence-corrected chi connectivity index (χ0v) is 17.9. The van der Waals surface area contributed by atoms with Crippen molar-refractivity contribution in [3.63, 3.8) is 0 Å². The Balaban J connectivity index is 7.55. The summed E-state index contributed by atoms with van der Waals surface area (Å²) in [6.07, 6.45) is -25.6. The van der Waals surface area contributed by atoms with E-state index >= 15 is 0 Å². The quantitative estimate of drug-likeness (QED) is 0.165. The standard InChI is InChI=1S/C12F28P/c13-1(8(26,27)28,9(29,30)31)2(14,15)11(35,36)41(39,40)12(37,38)7(24,25)5(20,21)3(16,17)4(18,19)6(22,23)10(32,33)34/q+1. The van der Waals surface area contributed by atoms with Gasteiger partial charge in [0.2, 0.25) is 0 Å². The first-order valence-electron chi connectivity index (χ1n) is 8.20. The van der Waals surface area contributed by atoms with Gasteiger partial charge in [-0.15, -0.1) is 0 Å².